The van der Waals surface area contributed by atoms with Crippen LogP contribution in [0.2, 0.25) is 0 Å². The summed E-state index contributed by atoms with van der Waals surface area (Å²) in [5, 5.41) is 2.85. The number of likely N-dealkylation sites (tertiary alicyclic amines) is 1. The van der Waals surface area contributed by atoms with Gasteiger partial charge in [-0.1, -0.05) is 64.4 Å². The zero-order chi connectivity index (χ0) is 31.4. The molecule has 7 atom stereocenters. The highest BCUT2D eigenvalue weighted by Crippen LogP contribution is 2.29. The first-order chi connectivity index (χ1) is 20.0. The fourth-order valence-electron chi connectivity index (χ4n) is 6.06. The number of ether oxygens (including phenoxy) is 3. The summed E-state index contributed by atoms with van der Waals surface area (Å²) < 4.78 is 16.6. The second-order valence-corrected chi connectivity index (χ2v) is 11.3. The number of rotatable bonds is 16. The topological polar surface area (TPSA) is 114 Å². The number of likely N-dealkylation sites (N-methyl/N-ethyl adjacent to an activating group) is 1. The van der Waals surface area contributed by atoms with Gasteiger partial charge in [-0.25, -0.2) is 4.79 Å². The Morgan fingerprint density at radius 3 is 2.26 bits per heavy atom. The number of carbonyl (C=O) groups is 4. The number of benzene rings is 1. The van der Waals surface area contributed by atoms with Gasteiger partial charge in [0, 0.05) is 40.7 Å². The zero-order valence-corrected chi connectivity index (χ0v) is 26.6. The Labute approximate surface area is 251 Å². The van der Waals surface area contributed by atoms with E-state index in [0.29, 0.717) is 25.8 Å². The van der Waals surface area contributed by atoms with Crippen LogP contribution < -0.4 is 5.32 Å². The molecule has 0 aliphatic carbocycles. The molecule has 0 radical (unpaired) electrons. The van der Waals surface area contributed by atoms with Gasteiger partial charge in [-0.05, 0) is 24.3 Å². The molecule has 0 aromatic heterocycles. The number of hydrogen-bond acceptors (Lipinski definition) is 7. The smallest absolute Gasteiger partial charge is 0.328 e. The minimum atomic E-state index is -0.853. The SMILES string of the molecule is CCC(=O)N(C)C(C(C)CC)C(CC(=O)N1CCCC1C(OC)C(C)C(=O)NC(Cc1ccccc1)C(=O)OC)OC. The molecule has 1 aromatic carbocycles. The Bertz CT molecular complexity index is 1020. The van der Waals surface area contributed by atoms with Crippen molar-refractivity contribution in [3.63, 3.8) is 0 Å². The van der Waals surface area contributed by atoms with E-state index in [0.717, 1.165) is 18.4 Å². The van der Waals surface area contributed by atoms with Crippen molar-refractivity contribution in [3.8, 4) is 0 Å². The minimum absolute atomic E-state index is 0.00524. The van der Waals surface area contributed by atoms with Crippen molar-refractivity contribution in [1.82, 2.24) is 15.1 Å². The first-order valence-corrected chi connectivity index (χ1v) is 15.1. The summed E-state index contributed by atoms with van der Waals surface area (Å²) in [6.07, 6.45) is 2.03. The molecule has 1 N–H and O–H groups in total. The number of nitrogens with one attached hydrogen (secondary N) is 1. The van der Waals surface area contributed by atoms with Gasteiger partial charge in [0.05, 0.1) is 43.7 Å². The lowest BCUT2D eigenvalue weighted by molar-refractivity contribution is -0.148. The Morgan fingerprint density at radius 2 is 1.71 bits per heavy atom. The van der Waals surface area contributed by atoms with Gasteiger partial charge in [0.15, 0.2) is 0 Å². The first kappa shape index (κ1) is 35.2. The molecule has 42 heavy (non-hydrogen) atoms. The molecule has 0 saturated carbocycles. The highest BCUT2D eigenvalue weighted by molar-refractivity contribution is 5.86. The van der Waals surface area contributed by atoms with Gasteiger partial charge in [-0.2, -0.15) is 0 Å². The van der Waals surface area contributed by atoms with E-state index < -0.39 is 30.1 Å². The van der Waals surface area contributed by atoms with Crippen LogP contribution in [0.15, 0.2) is 30.3 Å². The van der Waals surface area contributed by atoms with Crippen LogP contribution in [0.3, 0.4) is 0 Å². The molecule has 10 nitrogen and oxygen atoms in total. The average Bonchev–Trinajstić information content (AvgIpc) is 3.49. The fraction of sp³-hybridized carbons (Fsp3) is 0.688. The monoisotopic (exact) mass is 589 g/mol. The molecule has 3 amide bonds. The number of esters is 1. The Hall–Kier alpha value is -2.98. The predicted molar refractivity (Wildman–Crippen MR) is 161 cm³/mol. The third kappa shape index (κ3) is 9.01. The van der Waals surface area contributed by atoms with Crippen molar-refractivity contribution in [2.75, 3.05) is 34.9 Å². The maximum atomic E-state index is 13.7. The molecule has 1 aliphatic rings. The third-order valence-corrected chi connectivity index (χ3v) is 8.69. The Balaban J connectivity index is 2.19. The van der Waals surface area contributed by atoms with Crippen molar-refractivity contribution in [2.24, 2.45) is 11.8 Å². The van der Waals surface area contributed by atoms with E-state index in [9.17, 15) is 19.2 Å². The largest absolute Gasteiger partial charge is 0.467 e. The maximum absolute atomic E-state index is 13.7. The normalized spacial score (nSPS) is 19.2. The lowest BCUT2D eigenvalue weighted by atomic mass is 9.90. The predicted octanol–water partition coefficient (Wildman–Crippen LogP) is 3.22. The summed E-state index contributed by atoms with van der Waals surface area (Å²) in [6, 6.07) is 8.00. The second-order valence-electron chi connectivity index (χ2n) is 11.3. The molecule has 10 heteroatoms. The van der Waals surface area contributed by atoms with Crippen LogP contribution in [0, 0.1) is 11.8 Å². The van der Waals surface area contributed by atoms with Crippen LogP contribution in [-0.4, -0.2) is 98.7 Å². The highest BCUT2D eigenvalue weighted by Gasteiger charge is 2.42. The van der Waals surface area contributed by atoms with Gasteiger partial charge < -0.3 is 29.3 Å². The number of carbonyl (C=O) groups excluding carboxylic acids is 4. The molecular formula is C32H51N3O7. The van der Waals surface area contributed by atoms with Crippen molar-refractivity contribution in [1.29, 1.82) is 0 Å². The standard InChI is InChI=1S/C32H51N3O7/c1-9-21(3)29(34(5)27(36)10-2)26(40-6)20-28(37)35-18-14-17-25(35)30(41-7)22(4)31(38)33-24(32(39)42-8)19-23-15-12-11-13-16-23/h11-13,15-16,21-22,24-26,29-30H,9-10,14,17-20H2,1-8H3,(H,33,38). The first-order valence-electron chi connectivity index (χ1n) is 15.1. The van der Waals surface area contributed by atoms with Crippen molar-refractivity contribution < 1.29 is 33.4 Å². The summed E-state index contributed by atoms with van der Waals surface area (Å²) in [4.78, 5) is 55.8. The van der Waals surface area contributed by atoms with Crippen LogP contribution in [0.25, 0.3) is 0 Å². The van der Waals surface area contributed by atoms with Crippen LogP contribution in [0.4, 0.5) is 0 Å². The summed E-state index contributed by atoms with van der Waals surface area (Å²) >= 11 is 0. The summed E-state index contributed by atoms with van der Waals surface area (Å²) in [7, 11) is 6.19. The van der Waals surface area contributed by atoms with Crippen LogP contribution in [0.1, 0.15) is 65.4 Å². The number of nitrogens with zero attached hydrogens (tertiary/aromatic N) is 2. The molecule has 1 saturated heterocycles. The minimum Gasteiger partial charge on any atom is -0.467 e. The van der Waals surface area contributed by atoms with Crippen molar-refractivity contribution in [2.45, 2.75) is 96.6 Å². The molecule has 2 rings (SSSR count). The Kier molecular flexibility index (Phi) is 14.4. The quantitative estimate of drug-likeness (QED) is 0.295. The van der Waals surface area contributed by atoms with E-state index in [4.69, 9.17) is 14.2 Å². The van der Waals surface area contributed by atoms with Gasteiger partial charge in [0.1, 0.15) is 6.04 Å². The van der Waals surface area contributed by atoms with Crippen LogP contribution >= 0.6 is 0 Å². The maximum Gasteiger partial charge on any atom is 0.328 e. The van der Waals surface area contributed by atoms with E-state index in [1.807, 2.05) is 37.3 Å². The molecule has 7 unspecified atom stereocenters. The molecule has 1 heterocycles. The van der Waals surface area contributed by atoms with Gasteiger partial charge in [0.25, 0.3) is 0 Å². The molecule has 0 spiro atoms. The number of amides is 3. The van der Waals surface area contributed by atoms with E-state index in [2.05, 4.69) is 19.2 Å². The van der Waals surface area contributed by atoms with Crippen LogP contribution in [0.5, 0.6) is 0 Å². The van der Waals surface area contributed by atoms with Crippen molar-refractivity contribution >= 4 is 23.7 Å². The third-order valence-electron chi connectivity index (χ3n) is 8.69. The molecule has 1 aromatic rings. The van der Waals surface area contributed by atoms with Gasteiger partial charge in [0.2, 0.25) is 17.7 Å². The zero-order valence-electron chi connectivity index (χ0n) is 26.6. The number of hydrogen-bond donors (Lipinski definition) is 1. The average molecular weight is 590 g/mol. The summed E-state index contributed by atoms with van der Waals surface area (Å²) in [5.74, 6) is -1.48. The Morgan fingerprint density at radius 1 is 1.05 bits per heavy atom. The van der Waals surface area contributed by atoms with Crippen molar-refractivity contribution in [3.05, 3.63) is 35.9 Å². The number of methoxy groups -OCH3 is 3. The fourth-order valence-corrected chi connectivity index (χ4v) is 6.06. The molecule has 1 aliphatic heterocycles. The highest BCUT2D eigenvalue weighted by atomic mass is 16.5. The lowest BCUT2D eigenvalue weighted by Crippen LogP contribution is -2.54. The van der Waals surface area contributed by atoms with E-state index >= 15 is 0 Å². The molecule has 236 valence electrons. The molecule has 0 bridgehead atoms. The van der Waals surface area contributed by atoms with Gasteiger partial charge >= 0.3 is 5.97 Å². The lowest BCUT2D eigenvalue weighted by Gasteiger charge is -2.39. The van der Waals surface area contributed by atoms with Crippen LogP contribution in [-0.2, 0) is 39.8 Å². The van der Waals surface area contributed by atoms with Gasteiger partial charge in [-0.3, -0.25) is 14.4 Å². The van der Waals surface area contributed by atoms with E-state index in [-0.39, 0.29) is 42.1 Å². The summed E-state index contributed by atoms with van der Waals surface area (Å²) in [6.45, 7) is 8.26. The molecular weight excluding hydrogens is 538 g/mol. The summed E-state index contributed by atoms with van der Waals surface area (Å²) in [5.41, 5.74) is 0.895. The van der Waals surface area contributed by atoms with E-state index in [1.165, 1.54) is 7.11 Å². The second kappa shape index (κ2) is 17.2. The van der Waals surface area contributed by atoms with E-state index in [1.54, 1.807) is 38.0 Å². The molecule has 1 fully saturated rings. The van der Waals surface area contributed by atoms with Gasteiger partial charge in [-0.15, -0.1) is 0 Å².